The minimum absolute atomic E-state index is 0.0214. The van der Waals surface area contributed by atoms with Crippen molar-refractivity contribution in [1.82, 2.24) is 0 Å². The molecule has 0 aromatic rings. The van der Waals surface area contributed by atoms with E-state index < -0.39 is 0 Å². The minimum Gasteiger partial charge on any atom is -0.392 e. The van der Waals surface area contributed by atoms with E-state index in [4.69, 9.17) is 5.73 Å². The van der Waals surface area contributed by atoms with Crippen LogP contribution < -0.4 is 5.73 Å². The van der Waals surface area contributed by atoms with Gasteiger partial charge in [0.05, 0.1) is 6.10 Å². The fraction of sp³-hybridized carbons (Fsp3) is 1.00. The molecule has 2 atom stereocenters. The van der Waals surface area contributed by atoms with Gasteiger partial charge in [-0.1, -0.05) is 46.0 Å². The largest absolute Gasteiger partial charge is 0.392 e. The van der Waals surface area contributed by atoms with Gasteiger partial charge in [0, 0.05) is 6.04 Å². The van der Waals surface area contributed by atoms with E-state index in [9.17, 15) is 5.11 Å². The van der Waals surface area contributed by atoms with Gasteiger partial charge in [-0.15, -0.1) is 0 Å². The molecule has 0 amide bonds. The topological polar surface area (TPSA) is 46.2 Å². The summed E-state index contributed by atoms with van der Waals surface area (Å²) in [7, 11) is 0. The van der Waals surface area contributed by atoms with Gasteiger partial charge in [0.1, 0.15) is 0 Å². The monoisotopic (exact) mass is 213 g/mol. The summed E-state index contributed by atoms with van der Waals surface area (Å²) < 4.78 is 0. The Morgan fingerprint density at radius 2 is 1.80 bits per heavy atom. The van der Waals surface area contributed by atoms with Crippen LogP contribution in [0.15, 0.2) is 0 Å². The molecule has 0 heterocycles. The van der Waals surface area contributed by atoms with Gasteiger partial charge in [-0.05, 0) is 24.7 Å². The van der Waals surface area contributed by atoms with Crippen molar-refractivity contribution in [3.8, 4) is 0 Å². The summed E-state index contributed by atoms with van der Waals surface area (Å²) in [4.78, 5) is 0. The van der Waals surface area contributed by atoms with Gasteiger partial charge in [-0.3, -0.25) is 0 Å². The second-order valence-corrected chi connectivity index (χ2v) is 5.60. The third-order valence-electron chi connectivity index (χ3n) is 3.54. The first-order valence-corrected chi connectivity index (χ1v) is 6.53. The summed E-state index contributed by atoms with van der Waals surface area (Å²) in [6.45, 7) is 4.32. The van der Waals surface area contributed by atoms with Crippen molar-refractivity contribution in [1.29, 1.82) is 0 Å². The van der Waals surface area contributed by atoms with Crippen molar-refractivity contribution < 1.29 is 5.11 Å². The lowest BCUT2D eigenvalue weighted by Crippen LogP contribution is -2.37. The molecule has 15 heavy (non-hydrogen) atoms. The van der Waals surface area contributed by atoms with E-state index in [2.05, 4.69) is 13.8 Å². The summed E-state index contributed by atoms with van der Waals surface area (Å²) in [5, 5.41) is 9.99. The molecule has 0 aliphatic heterocycles. The number of hydrogen-bond donors (Lipinski definition) is 2. The first-order chi connectivity index (χ1) is 7.09. The van der Waals surface area contributed by atoms with Crippen LogP contribution in [0, 0.1) is 11.8 Å². The Morgan fingerprint density at radius 1 is 1.20 bits per heavy atom. The molecule has 0 aromatic heterocycles. The van der Waals surface area contributed by atoms with E-state index in [1.807, 2.05) is 0 Å². The van der Waals surface area contributed by atoms with Crippen LogP contribution in [0.2, 0.25) is 0 Å². The normalized spacial score (nSPS) is 23.0. The smallest absolute Gasteiger partial charge is 0.0693 e. The molecule has 1 aliphatic carbocycles. The van der Waals surface area contributed by atoms with Crippen LogP contribution in [0.4, 0.5) is 0 Å². The molecule has 90 valence electrons. The van der Waals surface area contributed by atoms with Crippen molar-refractivity contribution in [2.45, 2.75) is 70.9 Å². The lowest BCUT2D eigenvalue weighted by molar-refractivity contribution is 0.0975. The quantitative estimate of drug-likeness (QED) is 0.737. The maximum absolute atomic E-state index is 9.99. The number of aliphatic hydroxyl groups excluding tert-OH is 1. The molecule has 1 aliphatic rings. The van der Waals surface area contributed by atoms with Gasteiger partial charge in [0.2, 0.25) is 0 Å². The molecular formula is C13H27NO. The second-order valence-electron chi connectivity index (χ2n) is 5.60. The highest BCUT2D eigenvalue weighted by atomic mass is 16.3. The summed E-state index contributed by atoms with van der Waals surface area (Å²) in [6, 6.07) is -0.0214. The van der Waals surface area contributed by atoms with E-state index in [1.54, 1.807) is 0 Å². The number of rotatable bonds is 5. The third kappa shape index (κ3) is 4.98. The fourth-order valence-corrected chi connectivity index (χ4v) is 2.64. The van der Waals surface area contributed by atoms with Crippen LogP contribution in [0.25, 0.3) is 0 Å². The van der Waals surface area contributed by atoms with Gasteiger partial charge in [0.15, 0.2) is 0 Å². The van der Waals surface area contributed by atoms with Gasteiger partial charge in [-0.25, -0.2) is 0 Å². The van der Waals surface area contributed by atoms with Gasteiger partial charge < -0.3 is 10.8 Å². The third-order valence-corrected chi connectivity index (χ3v) is 3.54. The lowest BCUT2D eigenvalue weighted by atomic mass is 9.83. The van der Waals surface area contributed by atoms with Crippen LogP contribution in [0.5, 0.6) is 0 Å². The fourth-order valence-electron chi connectivity index (χ4n) is 2.64. The van der Waals surface area contributed by atoms with Gasteiger partial charge >= 0.3 is 0 Å². The predicted molar refractivity (Wildman–Crippen MR) is 64.6 cm³/mol. The van der Waals surface area contributed by atoms with Crippen LogP contribution in [0.3, 0.4) is 0 Å². The van der Waals surface area contributed by atoms with Crippen LogP contribution in [0.1, 0.15) is 58.8 Å². The van der Waals surface area contributed by atoms with Crippen molar-refractivity contribution in [2.75, 3.05) is 0 Å². The molecule has 0 radical (unpaired) electrons. The molecular weight excluding hydrogens is 186 g/mol. The maximum Gasteiger partial charge on any atom is 0.0693 e. The van der Waals surface area contributed by atoms with Crippen LogP contribution in [-0.4, -0.2) is 17.3 Å². The highest BCUT2D eigenvalue weighted by molar-refractivity contribution is 4.77. The van der Waals surface area contributed by atoms with E-state index in [0.29, 0.717) is 5.92 Å². The van der Waals surface area contributed by atoms with Crippen LogP contribution >= 0.6 is 0 Å². The molecule has 2 nitrogen and oxygen atoms in total. The number of nitrogens with two attached hydrogens (primary N) is 1. The van der Waals surface area contributed by atoms with Gasteiger partial charge in [0.25, 0.3) is 0 Å². The van der Waals surface area contributed by atoms with E-state index in [0.717, 1.165) is 18.8 Å². The Bertz CT molecular complexity index is 164. The number of aliphatic hydroxyl groups is 1. The second kappa shape index (κ2) is 6.49. The molecule has 0 bridgehead atoms. The Labute approximate surface area is 94.2 Å². The average molecular weight is 213 g/mol. The van der Waals surface area contributed by atoms with E-state index >= 15 is 0 Å². The molecule has 0 aromatic carbocycles. The van der Waals surface area contributed by atoms with Crippen molar-refractivity contribution >= 4 is 0 Å². The van der Waals surface area contributed by atoms with Gasteiger partial charge in [-0.2, -0.15) is 0 Å². The van der Waals surface area contributed by atoms with Crippen molar-refractivity contribution in [3.63, 3.8) is 0 Å². The summed E-state index contributed by atoms with van der Waals surface area (Å²) >= 11 is 0. The molecule has 1 rings (SSSR count). The highest BCUT2D eigenvalue weighted by Gasteiger charge is 2.22. The summed E-state index contributed by atoms with van der Waals surface area (Å²) in [6.07, 6.45) is 8.24. The first kappa shape index (κ1) is 13.0. The van der Waals surface area contributed by atoms with E-state index in [-0.39, 0.29) is 12.1 Å². The molecule has 1 saturated carbocycles. The molecule has 1 fully saturated rings. The average Bonchev–Trinajstić information content (AvgIpc) is 2.18. The Morgan fingerprint density at radius 3 is 2.33 bits per heavy atom. The zero-order chi connectivity index (χ0) is 11.3. The van der Waals surface area contributed by atoms with Crippen molar-refractivity contribution in [2.24, 2.45) is 17.6 Å². The standard InChI is InChI=1S/C13H27NO/c1-10(2)8-12(14)13(15)9-11-6-4-3-5-7-11/h10-13,15H,3-9,14H2,1-2H3. The molecule has 0 spiro atoms. The van der Waals surface area contributed by atoms with Crippen LogP contribution in [-0.2, 0) is 0 Å². The molecule has 2 heteroatoms. The maximum atomic E-state index is 9.99. The minimum atomic E-state index is -0.282. The Kier molecular flexibility index (Phi) is 5.62. The number of hydrogen-bond acceptors (Lipinski definition) is 2. The SMILES string of the molecule is CC(C)CC(N)C(O)CC1CCCCC1. The first-order valence-electron chi connectivity index (χ1n) is 6.53. The Balaban J connectivity index is 2.23. The molecule has 2 unspecified atom stereocenters. The summed E-state index contributed by atoms with van der Waals surface area (Å²) in [5.41, 5.74) is 5.99. The zero-order valence-corrected chi connectivity index (χ0v) is 10.3. The highest BCUT2D eigenvalue weighted by Crippen LogP contribution is 2.28. The van der Waals surface area contributed by atoms with E-state index in [1.165, 1.54) is 32.1 Å². The molecule has 0 saturated heterocycles. The zero-order valence-electron chi connectivity index (χ0n) is 10.3. The van der Waals surface area contributed by atoms with Crippen molar-refractivity contribution in [3.05, 3.63) is 0 Å². The lowest BCUT2D eigenvalue weighted by Gasteiger charge is -2.27. The summed E-state index contributed by atoms with van der Waals surface area (Å²) in [5.74, 6) is 1.31. The predicted octanol–water partition coefficient (Wildman–Crippen LogP) is 2.69. The molecule has 3 N–H and O–H groups in total. The Hall–Kier alpha value is -0.0800.